The molecule has 3 heteroatoms. The van der Waals surface area contributed by atoms with E-state index in [1.165, 1.54) is 25.5 Å². The van der Waals surface area contributed by atoms with E-state index in [0.29, 0.717) is 13.2 Å². The molecule has 1 aliphatic rings. The fourth-order valence-corrected chi connectivity index (χ4v) is 2.00. The second-order valence-electron chi connectivity index (χ2n) is 4.25. The molecule has 16 heavy (non-hydrogen) atoms. The van der Waals surface area contributed by atoms with E-state index in [0.717, 1.165) is 25.7 Å². The molecule has 0 aromatic rings. The molecule has 0 aromatic carbocycles. The van der Waals surface area contributed by atoms with Gasteiger partial charge in [0.15, 0.2) is 0 Å². The molecule has 0 aliphatic heterocycles. The molecule has 0 spiro atoms. The fourth-order valence-electron chi connectivity index (χ4n) is 2.00. The molecule has 0 amide bonds. The molecule has 0 heterocycles. The third kappa shape index (κ3) is 5.19. The average molecular weight is 226 g/mol. The SMILES string of the molecule is C=COCCCCOC(=O)C1CCCCC1. The normalized spacial score (nSPS) is 16.8. The van der Waals surface area contributed by atoms with Gasteiger partial charge in [-0.1, -0.05) is 25.8 Å². The number of esters is 1. The van der Waals surface area contributed by atoms with Crippen LogP contribution in [-0.2, 0) is 14.3 Å². The zero-order valence-corrected chi connectivity index (χ0v) is 9.95. The van der Waals surface area contributed by atoms with Gasteiger partial charge in [0, 0.05) is 0 Å². The Balaban J connectivity index is 1.99. The van der Waals surface area contributed by atoms with Crippen LogP contribution in [0.15, 0.2) is 12.8 Å². The predicted octanol–water partition coefficient (Wildman–Crippen LogP) is 3.05. The first kappa shape index (κ1) is 13.1. The van der Waals surface area contributed by atoms with Crippen LogP contribution < -0.4 is 0 Å². The lowest BCUT2D eigenvalue weighted by Gasteiger charge is -2.19. The summed E-state index contributed by atoms with van der Waals surface area (Å²) >= 11 is 0. The van der Waals surface area contributed by atoms with Crippen molar-refractivity contribution in [2.75, 3.05) is 13.2 Å². The Morgan fingerprint density at radius 2 is 1.88 bits per heavy atom. The third-order valence-corrected chi connectivity index (χ3v) is 2.96. The first-order valence-electron chi connectivity index (χ1n) is 6.23. The van der Waals surface area contributed by atoms with Crippen LogP contribution in [0.25, 0.3) is 0 Å². The Kier molecular flexibility index (Phi) is 6.70. The summed E-state index contributed by atoms with van der Waals surface area (Å²) in [6.45, 7) is 4.64. The maximum absolute atomic E-state index is 11.6. The highest BCUT2D eigenvalue weighted by Crippen LogP contribution is 2.24. The van der Waals surface area contributed by atoms with Gasteiger partial charge in [0.05, 0.1) is 25.4 Å². The largest absolute Gasteiger partial charge is 0.502 e. The molecular weight excluding hydrogens is 204 g/mol. The number of hydrogen-bond donors (Lipinski definition) is 0. The highest BCUT2D eigenvalue weighted by molar-refractivity contribution is 5.72. The van der Waals surface area contributed by atoms with E-state index in [1.54, 1.807) is 0 Å². The molecule has 0 unspecified atom stereocenters. The van der Waals surface area contributed by atoms with Crippen molar-refractivity contribution in [3.8, 4) is 0 Å². The summed E-state index contributed by atoms with van der Waals surface area (Å²) in [5, 5.41) is 0. The van der Waals surface area contributed by atoms with Gasteiger partial charge in [-0.3, -0.25) is 4.79 Å². The monoisotopic (exact) mass is 226 g/mol. The summed E-state index contributed by atoms with van der Waals surface area (Å²) in [4.78, 5) is 11.6. The quantitative estimate of drug-likeness (QED) is 0.380. The topological polar surface area (TPSA) is 35.5 Å². The minimum Gasteiger partial charge on any atom is -0.502 e. The van der Waals surface area contributed by atoms with E-state index >= 15 is 0 Å². The van der Waals surface area contributed by atoms with Crippen molar-refractivity contribution in [3.63, 3.8) is 0 Å². The lowest BCUT2D eigenvalue weighted by atomic mass is 9.89. The molecule has 1 aliphatic carbocycles. The highest BCUT2D eigenvalue weighted by atomic mass is 16.5. The van der Waals surface area contributed by atoms with E-state index in [2.05, 4.69) is 6.58 Å². The third-order valence-electron chi connectivity index (χ3n) is 2.96. The lowest BCUT2D eigenvalue weighted by Crippen LogP contribution is -2.20. The number of hydrogen-bond acceptors (Lipinski definition) is 3. The Morgan fingerprint density at radius 1 is 1.19 bits per heavy atom. The zero-order chi connectivity index (χ0) is 11.6. The summed E-state index contributed by atoms with van der Waals surface area (Å²) < 4.78 is 10.2. The van der Waals surface area contributed by atoms with Crippen LogP contribution >= 0.6 is 0 Å². The van der Waals surface area contributed by atoms with Gasteiger partial charge in [0.2, 0.25) is 0 Å². The van der Waals surface area contributed by atoms with Gasteiger partial charge in [0.25, 0.3) is 0 Å². The molecule has 92 valence electrons. The van der Waals surface area contributed by atoms with Gasteiger partial charge in [-0.25, -0.2) is 0 Å². The van der Waals surface area contributed by atoms with Gasteiger partial charge < -0.3 is 9.47 Å². The smallest absolute Gasteiger partial charge is 0.308 e. The second kappa shape index (κ2) is 8.20. The lowest BCUT2D eigenvalue weighted by molar-refractivity contribution is -0.149. The summed E-state index contributed by atoms with van der Waals surface area (Å²) in [5.74, 6) is 0.169. The Labute approximate surface area is 97.8 Å². The van der Waals surface area contributed by atoms with Crippen LogP contribution in [0.1, 0.15) is 44.9 Å². The van der Waals surface area contributed by atoms with Crippen molar-refractivity contribution < 1.29 is 14.3 Å². The summed E-state index contributed by atoms with van der Waals surface area (Å²) in [6, 6.07) is 0. The van der Waals surface area contributed by atoms with Crippen molar-refractivity contribution in [1.29, 1.82) is 0 Å². The molecule has 1 fully saturated rings. The predicted molar refractivity (Wildman–Crippen MR) is 62.9 cm³/mol. The molecular formula is C13H22O3. The summed E-state index contributed by atoms with van der Waals surface area (Å²) in [7, 11) is 0. The van der Waals surface area contributed by atoms with Gasteiger partial charge in [0.1, 0.15) is 0 Å². The second-order valence-corrected chi connectivity index (χ2v) is 4.25. The van der Waals surface area contributed by atoms with Gasteiger partial charge in [-0.2, -0.15) is 0 Å². The van der Waals surface area contributed by atoms with Crippen LogP contribution in [0, 0.1) is 5.92 Å². The maximum atomic E-state index is 11.6. The molecule has 1 saturated carbocycles. The Bertz CT molecular complexity index is 207. The number of unbranched alkanes of at least 4 members (excludes halogenated alkanes) is 1. The first-order chi connectivity index (χ1) is 7.84. The maximum Gasteiger partial charge on any atom is 0.308 e. The van der Waals surface area contributed by atoms with Crippen LogP contribution in [0.5, 0.6) is 0 Å². The van der Waals surface area contributed by atoms with Crippen molar-refractivity contribution in [2.24, 2.45) is 5.92 Å². The van der Waals surface area contributed by atoms with Gasteiger partial charge in [-0.15, -0.1) is 0 Å². The van der Waals surface area contributed by atoms with Crippen molar-refractivity contribution in [1.82, 2.24) is 0 Å². The number of carbonyl (C=O) groups excluding carboxylic acids is 1. The molecule has 0 aromatic heterocycles. The highest BCUT2D eigenvalue weighted by Gasteiger charge is 2.21. The standard InChI is InChI=1S/C13H22O3/c1-2-15-10-6-7-11-16-13(14)12-8-4-3-5-9-12/h2,12H,1,3-11H2. The van der Waals surface area contributed by atoms with E-state index in [-0.39, 0.29) is 11.9 Å². The van der Waals surface area contributed by atoms with E-state index in [4.69, 9.17) is 9.47 Å². The van der Waals surface area contributed by atoms with Gasteiger partial charge >= 0.3 is 5.97 Å². The van der Waals surface area contributed by atoms with Crippen molar-refractivity contribution in [3.05, 3.63) is 12.8 Å². The van der Waals surface area contributed by atoms with E-state index in [9.17, 15) is 4.79 Å². The van der Waals surface area contributed by atoms with E-state index < -0.39 is 0 Å². The van der Waals surface area contributed by atoms with Gasteiger partial charge in [-0.05, 0) is 25.7 Å². The number of carbonyl (C=O) groups is 1. The average Bonchev–Trinajstić information content (AvgIpc) is 2.34. The van der Waals surface area contributed by atoms with Crippen LogP contribution in [0.3, 0.4) is 0 Å². The number of ether oxygens (including phenoxy) is 2. The molecule has 0 bridgehead atoms. The Morgan fingerprint density at radius 3 is 2.56 bits per heavy atom. The van der Waals surface area contributed by atoms with Crippen LogP contribution in [0.2, 0.25) is 0 Å². The fraction of sp³-hybridized carbons (Fsp3) is 0.769. The Hall–Kier alpha value is -0.990. The zero-order valence-electron chi connectivity index (χ0n) is 9.95. The molecule has 0 N–H and O–H groups in total. The molecule has 0 saturated heterocycles. The molecule has 0 radical (unpaired) electrons. The molecule has 1 rings (SSSR count). The minimum absolute atomic E-state index is 0.00402. The summed E-state index contributed by atoms with van der Waals surface area (Å²) in [5.41, 5.74) is 0. The van der Waals surface area contributed by atoms with Crippen LogP contribution in [0.4, 0.5) is 0 Å². The summed E-state index contributed by atoms with van der Waals surface area (Å²) in [6.07, 6.45) is 8.85. The van der Waals surface area contributed by atoms with Crippen molar-refractivity contribution in [2.45, 2.75) is 44.9 Å². The van der Waals surface area contributed by atoms with Crippen molar-refractivity contribution >= 4 is 5.97 Å². The first-order valence-corrected chi connectivity index (χ1v) is 6.23. The molecule has 0 atom stereocenters. The minimum atomic E-state index is 0.00402. The number of rotatable bonds is 7. The molecule has 3 nitrogen and oxygen atoms in total. The van der Waals surface area contributed by atoms with E-state index in [1.807, 2.05) is 0 Å². The van der Waals surface area contributed by atoms with Crippen LogP contribution in [-0.4, -0.2) is 19.2 Å².